The fourth-order valence-electron chi connectivity index (χ4n) is 18.6. The first-order chi connectivity index (χ1) is 56.0. The molecule has 10 rings (SSSR count). The molecule has 628 valence electrons. The molecule has 0 radical (unpaired) electrons. The lowest BCUT2D eigenvalue weighted by atomic mass is 9.93. The van der Waals surface area contributed by atoms with Crippen molar-refractivity contribution in [3.8, 4) is 29.3 Å². The maximum absolute atomic E-state index is 16.1. The zero-order chi connectivity index (χ0) is 80.2. The lowest BCUT2D eigenvalue weighted by Crippen LogP contribution is -2.36. The Kier molecular flexibility index (Phi) is 40.5. The largest absolute Gasteiger partial charge is 0.369 e. The summed E-state index contributed by atoms with van der Waals surface area (Å²) in [5, 5.41) is 17.6. The van der Waals surface area contributed by atoms with E-state index in [1.54, 1.807) is 45.3 Å². The molecule has 6 aromatic rings. The van der Waals surface area contributed by atoms with E-state index in [0.29, 0.717) is 54.5 Å². The number of hydrogen-bond donors (Lipinski definition) is 1. The third kappa shape index (κ3) is 25.7. The normalized spacial score (nSPS) is 16.3. The van der Waals surface area contributed by atoms with Gasteiger partial charge in [-0.15, -0.1) is 68.0 Å². The summed E-state index contributed by atoms with van der Waals surface area (Å²) in [5.74, 6) is 1.62. The first kappa shape index (κ1) is 91.6. The predicted octanol–water partition coefficient (Wildman–Crippen LogP) is 31.8. The van der Waals surface area contributed by atoms with E-state index in [2.05, 4.69) is 159 Å². The van der Waals surface area contributed by atoms with E-state index in [4.69, 9.17) is 0 Å². The summed E-state index contributed by atoms with van der Waals surface area (Å²) >= 11 is 10.6. The summed E-state index contributed by atoms with van der Waals surface area (Å²) in [7, 11) is 0. The number of thiophene rings is 6. The van der Waals surface area contributed by atoms with Crippen molar-refractivity contribution in [1.82, 2.24) is 19.6 Å². The Bertz CT molecular complexity index is 3910. The van der Waals surface area contributed by atoms with E-state index in [9.17, 15) is 5.11 Å². The Hall–Kier alpha value is -4.67. The van der Waals surface area contributed by atoms with Crippen LogP contribution >= 0.6 is 68.0 Å². The summed E-state index contributed by atoms with van der Waals surface area (Å²) in [4.78, 5) is 68.0. The molecule has 0 saturated carbocycles. The van der Waals surface area contributed by atoms with Crippen LogP contribution < -0.4 is 0 Å². The first-order valence-corrected chi connectivity index (χ1v) is 51.9. The topological polar surface area (TPSA) is 84.4 Å². The monoisotopic (exact) mass is 1660 g/mol. The zero-order valence-corrected chi connectivity index (χ0v) is 77.0. The molecule has 10 heterocycles. The van der Waals surface area contributed by atoms with Gasteiger partial charge in [0.2, 0.25) is 0 Å². The molecule has 0 spiro atoms. The Morgan fingerprint density at radius 1 is 0.272 bits per heavy atom. The Labute approximate surface area is 716 Å². The van der Waals surface area contributed by atoms with Crippen molar-refractivity contribution in [2.24, 2.45) is 23.7 Å². The highest BCUT2D eigenvalue weighted by atomic mass is 32.1. The van der Waals surface area contributed by atoms with Crippen LogP contribution in [0.25, 0.3) is 52.1 Å². The average Bonchev–Trinajstić information content (AvgIpc) is 1.56. The van der Waals surface area contributed by atoms with Crippen molar-refractivity contribution in [2.45, 2.75) is 370 Å². The van der Waals surface area contributed by atoms with Crippen LogP contribution in [0.15, 0.2) is 106 Å². The number of nitrogens with zero attached hydrogens (tertiary/aromatic N) is 4. The number of rotatable bonds is 63. The van der Waals surface area contributed by atoms with Crippen LogP contribution in [0.3, 0.4) is 0 Å². The molecule has 4 aliphatic heterocycles. The average molecular weight is 1660 g/mol. The predicted molar refractivity (Wildman–Crippen MR) is 499 cm³/mol. The molecule has 0 saturated heterocycles. The van der Waals surface area contributed by atoms with Gasteiger partial charge in [0.25, 0.3) is 17.7 Å². The zero-order valence-electron chi connectivity index (χ0n) is 72.1. The van der Waals surface area contributed by atoms with Gasteiger partial charge in [-0.2, -0.15) is 0 Å². The van der Waals surface area contributed by atoms with E-state index in [1.807, 2.05) is 22.7 Å². The van der Waals surface area contributed by atoms with Crippen molar-refractivity contribution in [1.29, 1.82) is 0 Å². The van der Waals surface area contributed by atoms with E-state index in [1.165, 1.54) is 281 Å². The molecule has 0 aromatic carbocycles. The van der Waals surface area contributed by atoms with Crippen LogP contribution in [0.4, 0.5) is 0 Å². The molecule has 14 heteroatoms. The van der Waals surface area contributed by atoms with Crippen molar-refractivity contribution in [3.63, 3.8) is 0 Å². The van der Waals surface area contributed by atoms with Gasteiger partial charge in [0.05, 0.1) is 59.0 Å². The van der Waals surface area contributed by atoms with Crippen molar-refractivity contribution >= 4 is 109 Å². The number of fused-ring (bicyclic) bond motifs is 2. The van der Waals surface area contributed by atoms with E-state index in [0.717, 1.165) is 116 Å². The fourth-order valence-corrected chi connectivity index (χ4v) is 24.6. The second kappa shape index (κ2) is 50.4. The Morgan fingerprint density at radius 2 is 0.509 bits per heavy atom. The van der Waals surface area contributed by atoms with Crippen LogP contribution in [0, 0.1) is 23.7 Å². The number of carbonyl (C=O) groups is 3. The molecule has 1 N–H and O–H groups in total. The number of amides is 3. The van der Waals surface area contributed by atoms with Crippen LogP contribution in [0.1, 0.15) is 383 Å². The summed E-state index contributed by atoms with van der Waals surface area (Å²) in [6.45, 7) is 21.1. The minimum Gasteiger partial charge on any atom is -0.369 e. The van der Waals surface area contributed by atoms with E-state index in [-0.39, 0.29) is 17.7 Å². The smallest absolute Gasteiger partial charge is 0.261 e. The van der Waals surface area contributed by atoms with Crippen LogP contribution in [0.5, 0.6) is 0 Å². The van der Waals surface area contributed by atoms with Gasteiger partial charge in [-0.3, -0.25) is 14.4 Å². The van der Waals surface area contributed by atoms with Crippen molar-refractivity contribution in [3.05, 3.63) is 125 Å². The van der Waals surface area contributed by atoms with Gasteiger partial charge >= 0.3 is 0 Å². The quantitative estimate of drug-likeness (QED) is 0.0385. The standard InChI is InChI=1S/C100H148N4O4S6/c1-9-17-25-33-37-45-55-75(51-41-29-21-13-5)71-101-93(85-59-49-69-109-85)89-91(99(101)107)95(103(97(89)105)73-77(53-43-31-23-15-7)57-47-39-35-27-19-11-3)87-67-65-83(113-87)81-63-61-79(111-81)80-62-64-82(112-80)84-66-68-88(114-84)96-92-90(98(106)104(96)74-78(54-44-32-24-16-8)58-48-40-36-28-20-12-4)94(86-60-50-70-110-86)102(100(92)108)72-76(52-42-30-22-14-6)56-46-38-34-26-18-10-2/h49-50,59-70,75-78,97,105H,9-48,51-58,71-74H2,1-8H3. The maximum Gasteiger partial charge on any atom is 0.261 e. The highest BCUT2D eigenvalue weighted by Gasteiger charge is 2.52. The molecule has 4 aliphatic rings. The molecule has 0 bridgehead atoms. The number of hydrogen-bond acceptors (Lipinski definition) is 11. The molecule has 6 aromatic heterocycles. The van der Waals surface area contributed by atoms with E-state index >= 15 is 14.4 Å². The maximum atomic E-state index is 16.1. The minimum absolute atomic E-state index is 0.0152. The van der Waals surface area contributed by atoms with Gasteiger partial charge in [0.1, 0.15) is 0 Å². The number of aliphatic hydroxyl groups excluding tert-OH is 1. The highest BCUT2D eigenvalue weighted by Crippen LogP contribution is 2.55. The lowest BCUT2D eigenvalue weighted by Gasteiger charge is -2.33. The third-order valence-electron chi connectivity index (χ3n) is 25.1. The SMILES string of the molecule is CCCCCCCCC(CCCCCC)CN1C(=O)C2=C(c3ccc(-c4ccc(-c5ccc(-c6ccc(C7=C8C(=O)N(CC(CCCCCC)CCCCCCCC)C(c9cccs9)=C8C(O)N7CC(CCCCCC)CCCCCCCC)s6)s5)s4)s3)N(CC(CCCCCC)CCCCCCCC)C(=O)C2=C1c1cccs1. The highest BCUT2D eigenvalue weighted by molar-refractivity contribution is 7.28. The van der Waals surface area contributed by atoms with Crippen molar-refractivity contribution in [2.75, 3.05) is 26.2 Å². The van der Waals surface area contributed by atoms with Crippen LogP contribution in [-0.2, 0) is 14.4 Å². The Balaban J connectivity index is 0.977. The summed E-state index contributed by atoms with van der Waals surface area (Å²) in [6.07, 6.45) is 57.6. The molecule has 0 aliphatic carbocycles. The first-order valence-electron chi connectivity index (χ1n) is 46.9. The third-order valence-corrected chi connectivity index (χ3v) is 31.8. The van der Waals surface area contributed by atoms with Crippen LogP contribution in [0.2, 0.25) is 0 Å². The van der Waals surface area contributed by atoms with Gasteiger partial charge in [-0.25, -0.2) is 0 Å². The summed E-state index contributed by atoms with van der Waals surface area (Å²) in [6, 6.07) is 26.7. The van der Waals surface area contributed by atoms with Gasteiger partial charge in [0.15, 0.2) is 6.23 Å². The summed E-state index contributed by atoms with van der Waals surface area (Å²) in [5.41, 5.74) is 6.39. The fraction of sp³-hybridized carbons (Fsp3) is 0.650. The molecular formula is C100H148N4O4S6. The number of aliphatic hydroxyl groups is 1. The molecule has 8 nitrogen and oxygen atoms in total. The number of carbonyl (C=O) groups excluding carboxylic acids is 3. The van der Waals surface area contributed by atoms with Gasteiger partial charge in [0, 0.05) is 61.0 Å². The molecular weight excluding hydrogens is 1510 g/mol. The number of unbranched alkanes of at least 4 members (excludes halogenated alkanes) is 32. The van der Waals surface area contributed by atoms with Gasteiger partial charge in [-0.05, 0) is 146 Å². The van der Waals surface area contributed by atoms with E-state index < -0.39 is 6.23 Å². The van der Waals surface area contributed by atoms with Crippen molar-refractivity contribution < 1.29 is 19.5 Å². The lowest BCUT2D eigenvalue weighted by molar-refractivity contribution is -0.124. The van der Waals surface area contributed by atoms with Gasteiger partial charge in [-0.1, -0.05) is 324 Å². The molecule has 5 atom stereocenters. The summed E-state index contributed by atoms with van der Waals surface area (Å²) < 4.78 is 0. The molecule has 114 heavy (non-hydrogen) atoms. The molecule has 5 unspecified atom stereocenters. The van der Waals surface area contributed by atoms with Gasteiger partial charge < -0.3 is 24.7 Å². The van der Waals surface area contributed by atoms with Crippen LogP contribution in [-0.4, -0.2) is 74.8 Å². The second-order valence-corrected chi connectivity index (χ2v) is 40.6. The molecule has 0 fully saturated rings. The second-order valence-electron chi connectivity index (χ2n) is 34.4. The molecule has 3 amide bonds. The Morgan fingerprint density at radius 3 is 0.816 bits per heavy atom. The minimum atomic E-state index is -0.924.